The molecule has 0 bridgehead atoms. The van der Waals surface area contributed by atoms with Crippen molar-refractivity contribution in [1.82, 2.24) is 14.9 Å². The summed E-state index contributed by atoms with van der Waals surface area (Å²) in [7, 11) is 1.65. The highest BCUT2D eigenvalue weighted by Crippen LogP contribution is 2.40. The molecule has 2 N–H and O–H groups in total. The largest absolute Gasteiger partial charge is 0.497 e. The van der Waals surface area contributed by atoms with Gasteiger partial charge in [0.1, 0.15) is 5.75 Å². The molecule has 1 saturated heterocycles. The topological polar surface area (TPSA) is 81.3 Å². The monoisotopic (exact) mass is 352 g/mol. The Bertz CT molecular complexity index is 802. The van der Waals surface area contributed by atoms with Crippen molar-refractivity contribution in [1.29, 1.82) is 0 Å². The Kier molecular flexibility index (Phi) is 4.49. The summed E-state index contributed by atoms with van der Waals surface area (Å²) in [5.41, 5.74) is 8.68. The molecule has 2 heterocycles. The van der Waals surface area contributed by atoms with Gasteiger partial charge in [-0.25, -0.2) is 9.97 Å². The number of carbonyl (C=O) groups excluding carboxylic acids is 1. The van der Waals surface area contributed by atoms with Crippen molar-refractivity contribution in [3.8, 4) is 16.9 Å². The van der Waals surface area contributed by atoms with Crippen LogP contribution in [0.25, 0.3) is 11.1 Å². The van der Waals surface area contributed by atoms with Crippen LogP contribution in [0.2, 0.25) is 0 Å². The Hall–Kier alpha value is -2.63. The summed E-state index contributed by atoms with van der Waals surface area (Å²) in [4.78, 5) is 23.6. The van der Waals surface area contributed by atoms with E-state index < -0.39 is 0 Å². The van der Waals surface area contributed by atoms with Gasteiger partial charge in [-0.15, -0.1) is 0 Å². The first-order valence-electron chi connectivity index (χ1n) is 9.24. The molecular weight excluding hydrogens is 328 g/mol. The number of hydrogen-bond acceptors (Lipinski definition) is 5. The van der Waals surface area contributed by atoms with Gasteiger partial charge in [0.25, 0.3) is 0 Å². The second-order valence-electron chi connectivity index (χ2n) is 7.07. The van der Waals surface area contributed by atoms with E-state index in [1.807, 2.05) is 29.2 Å². The SMILES string of the molecule is COc1ccc(-c2cnc(N)nc2[C@@H]2CCCN2C(=O)C2CCC2)cc1. The highest BCUT2D eigenvalue weighted by molar-refractivity contribution is 5.81. The number of ether oxygens (including phenoxy) is 1. The number of hydrogen-bond donors (Lipinski definition) is 1. The molecule has 2 aliphatic rings. The number of methoxy groups -OCH3 is 1. The molecule has 6 heteroatoms. The van der Waals surface area contributed by atoms with Crippen molar-refractivity contribution in [2.45, 2.75) is 38.1 Å². The van der Waals surface area contributed by atoms with Crippen molar-refractivity contribution in [2.24, 2.45) is 5.92 Å². The molecule has 1 saturated carbocycles. The van der Waals surface area contributed by atoms with E-state index in [4.69, 9.17) is 10.5 Å². The predicted molar refractivity (Wildman–Crippen MR) is 99.5 cm³/mol. The highest BCUT2D eigenvalue weighted by atomic mass is 16.5. The first-order chi connectivity index (χ1) is 12.7. The number of carbonyl (C=O) groups is 1. The Balaban J connectivity index is 1.70. The third kappa shape index (κ3) is 3.00. The zero-order valence-corrected chi connectivity index (χ0v) is 15.0. The maximum absolute atomic E-state index is 12.9. The van der Waals surface area contributed by atoms with Crippen LogP contribution in [-0.2, 0) is 4.79 Å². The molecule has 0 unspecified atom stereocenters. The van der Waals surface area contributed by atoms with E-state index in [0.717, 1.165) is 61.2 Å². The number of nitrogens with zero attached hydrogens (tertiary/aromatic N) is 3. The number of nitrogen functional groups attached to an aromatic ring is 1. The van der Waals surface area contributed by atoms with E-state index in [2.05, 4.69) is 9.97 Å². The third-order valence-electron chi connectivity index (χ3n) is 5.54. The summed E-state index contributed by atoms with van der Waals surface area (Å²) in [5, 5.41) is 0. The fraction of sp³-hybridized carbons (Fsp3) is 0.450. The van der Waals surface area contributed by atoms with Crippen LogP contribution in [0, 0.1) is 5.92 Å². The summed E-state index contributed by atoms with van der Waals surface area (Å²) >= 11 is 0. The number of anilines is 1. The van der Waals surface area contributed by atoms with Crippen LogP contribution in [0.4, 0.5) is 5.95 Å². The first-order valence-corrected chi connectivity index (χ1v) is 9.24. The molecule has 0 radical (unpaired) electrons. The van der Waals surface area contributed by atoms with Crippen molar-refractivity contribution in [3.05, 3.63) is 36.2 Å². The molecule has 1 aromatic carbocycles. The summed E-state index contributed by atoms with van der Waals surface area (Å²) in [6, 6.07) is 7.79. The van der Waals surface area contributed by atoms with Crippen LogP contribution < -0.4 is 10.5 Å². The van der Waals surface area contributed by atoms with Gasteiger partial charge in [-0.1, -0.05) is 18.6 Å². The average Bonchev–Trinajstić information content (AvgIpc) is 3.10. The molecule has 1 atom stereocenters. The number of nitrogens with two attached hydrogens (primary N) is 1. The lowest BCUT2D eigenvalue weighted by molar-refractivity contribution is -0.139. The van der Waals surface area contributed by atoms with E-state index in [0.29, 0.717) is 0 Å². The molecule has 1 amide bonds. The molecule has 4 rings (SSSR count). The fourth-order valence-corrected chi connectivity index (χ4v) is 3.86. The van der Waals surface area contributed by atoms with Crippen molar-refractivity contribution in [2.75, 3.05) is 19.4 Å². The molecule has 2 fully saturated rings. The summed E-state index contributed by atoms with van der Waals surface area (Å²) < 4.78 is 5.24. The van der Waals surface area contributed by atoms with Crippen molar-refractivity contribution in [3.63, 3.8) is 0 Å². The van der Waals surface area contributed by atoms with Crippen molar-refractivity contribution >= 4 is 11.9 Å². The Morgan fingerprint density at radius 3 is 2.62 bits per heavy atom. The van der Waals surface area contributed by atoms with Gasteiger partial charge >= 0.3 is 0 Å². The molecule has 6 nitrogen and oxygen atoms in total. The van der Waals surface area contributed by atoms with Gasteiger partial charge < -0.3 is 15.4 Å². The van der Waals surface area contributed by atoms with Crippen LogP contribution in [0.15, 0.2) is 30.5 Å². The summed E-state index contributed by atoms with van der Waals surface area (Å²) in [6.07, 6.45) is 6.86. The zero-order chi connectivity index (χ0) is 18.1. The lowest BCUT2D eigenvalue weighted by Crippen LogP contribution is -2.38. The molecule has 136 valence electrons. The number of rotatable bonds is 4. The highest BCUT2D eigenvalue weighted by Gasteiger charge is 2.37. The molecule has 1 aliphatic heterocycles. The van der Waals surface area contributed by atoms with E-state index in [1.54, 1.807) is 13.3 Å². The van der Waals surface area contributed by atoms with Gasteiger partial charge in [-0.05, 0) is 43.4 Å². The Labute approximate surface area is 153 Å². The number of benzene rings is 1. The molecular formula is C20H24N4O2. The van der Waals surface area contributed by atoms with Crippen LogP contribution in [0.1, 0.15) is 43.8 Å². The summed E-state index contributed by atoms with van der Waals surface area (Å²) in [6.45, 7) is 0.798. The Morgan fingerprint density at radius 2 is 1.96 bits per heavy atom. The van der Waals surface area contributed by atoms with E-state index >= 15 is 0 Å². The van der Waals surface area contributed by atoms with Crippen molar-refractivity contribution < 1.29 is 9.53 Å². The minimum absolute atomic E-state index is 0.0227. The standard InChI is InChI=1S/C20H24N4O2/c1-26-15-9-7-13(8-10-15)16-12-22-20(21)23-18(16)17-6-3-11-24(17)19(25)14-4-2-5-14/h7-10,12,14,17H,2-6,11H2,1H3,(H2,21,22,23)/t17-/m0/s1. The third-order valence-corrected chi connectivity index (χ3v) is 5.54. The van der Waals surface area contributed by atoms with Gasteiger partial charge in [-0.2, -0.15) is 0 Å². The average molecular weight is 352 g/mol. The van der Waals surface area contributed by atoms with Crippen LogP contribution >= 0.6 is 0 Å². The minimum atomic E-state index is -0.0227. The normalized spacial score (nSPS) is 20.0. The molecule has 26 heavy (non-hydrogen) atoms. The van der Waals surface area contributed by atoms with Crippen LogP contribution in [0.5, 0.6) is 5.75 Å². The van der Waals surface area contributed by atoms with E-state index in [1.165, 1.54) is 0 Å². The van der Waals surface area contributed by atoms with Gasteiger partial charge in [0.2, 0.25) is 11.9 Å². The van der Waals surface area contributed by atoms with Gasteiger partial charge in [0.15, 0.2) is 0 Å². The van der Waals surface area contributed by atoms with E-state index in [-0.39, 0.29) is 23.8 Å². The number of likely N-dealkylation sites (tertiary alicyclic amines) is 1. The minimum Gasteiger partial charge on any atom is -0.497 e. The van der Waals surface area contributed by atoms with Crippen LogP contribution in [-0.4, -0.2) is 34.4 Å². The van der Waals surface area contributed by atoms with Crippen LogP contribution in [0.3, 0.4) is 0 Å². The smallest absolute Gasteiger partial charge is 0.226 e. The second-order valence-corrected chi connectivity index (χ2v) is 7.07. The molecule has 1 aromatic heterocycles. The predicted octanol–water partition coefficient (Wildman–Crippen LogP) is 3.20. The summed E-state index contributed by atoms with van der Waals surface area (Å²) in [5.74, 6) is 1.52. The van der Waals surface area contributed by atoms with E-state index in [9.17, 15) is 4.79 Å². The van der Waals surface area contributed by atoms with Gasteiger partial charge in [-0.3, -0.25) is 4.79 Å². The lowest BCUT2D eigenvalue weighted by atomic mass is 9.84. The van der Waals surface area contributed by atoms with Gasteiger partial charge in [0.05, 0.1) is 18.8 Å². The van der Waals surface area contributed by atoms with Gasteiger partial charge in [0, 0.05) is 24.2 Å². The lowest BCUT2D eigenvalue weighted by Gasteiger charge is -2.33. The molecule has 1 aliphatic carbocycles. The fourth-order valence-electron chi connectivity index (χ4n) is 3.86. The maximum atomic E-state index is 12.9. The quantitative estimate of drug-likeness (QED) is 0.914. The second kappa shape index (κ2) is 6.94. The molecule has 0 spiro atoms. The number of amides is 1. The molecule has 2 aromatic rings. The first kappa shape index (κ1) is 16.8. The zero-order valence-electron chi connectivity index (χ0n) is 15.0. The number of aromatic nitrogens is 2. The maximum Gasteiger partial charge on any atom is 0.226 e. The Morgan fingerprint density at radius 1 is 1.19 bits per heavy atom.